The first-order valence-electron chi connectivity index (χ1n) is 6.93. The summed E-state index contributed by atoms with van der Waals surface area (Å²) in [5.41, 5.74) is 0. The first kappa shape index (κ1) is 15.9. The first-order chi connectivity index (χ1) is 9.53. The molecule has 114 valence electrons. The predicted octanol–water partition coefficient (Wildman–Crippen LogP) is 1.87. The third kappa shape index (κ3) is 4.00. The summed E-state index contributed by atoms with van der Waals surface area (Å²) in [7, 11) is -3.48. The Labute approximate surface area is 124 Å². The monoisotopic (exact) mass is 318 g/mol. The standard InChI is InChI=1S/C13H22N2O3S2/c1-3-14-9-12-8-13(10(2)18-12)20(16,17)15-11-4-6-19-7-5-11/h8,11,14-15H,3-7,9H2,1-2H3. The zero-order valence-corrected chi connectivity index (χ0v) is 13.6. The fourth-order valence-corrected chi connectivity index (χ4v) is 4.84. The fraction of sp³-hybridized carbons (Fsp3) is 0.692. The number of rotatable bonds is 6. The zero-order chi connectivity index (χ0) is 14.6. The third-order valence-corrected chi connectivity index (χ3v) is 5.98. The van der Waals surface area contributed by atoms with Crippen LogP contribution < -0.4 is 10.0 Å². The van der Waals surface area contributed by atoms with E-state index in [4.69, 9.17) is 4.42 Å². The molecule has 0 amide bonds. The second-order valence-corrected chi connectivity index (χ2v) is 7.83. The minimum absolute atomic E-state index is 0.0489. The highest BCUT2D eigenvalue weighted by atomic mass is 32.2. The van der Waals surface area contributed by atoms with Gasteiger partial charge in [-0.15, -0.1) is 0 Å². The van der Waals surface area contributed by atoms with Crippen LogP contribution in [0.3, 0.4) is 0 Å². The lowest BCUT2D eigenvalue weighted by atomic mass is 10.2. The van der Waals surface area contributed by atoms with E-state index >= 15 is 0 Å². The van der Waals surface area contributed by atoms with Crippen molar-refractivity contribution in [2.75, 3.05) is 18.1 Å². The number of hydrogen-bond acceptors (Lipinski definition) is 5. The summed E-state index contributed by atoms with van der Waals surface area (Å²) in [6, 6.07) is 1.67. The molecule has 2 heterocycles. The van der Waals surface area contributed by atoms with E-state index in [0.717, 1.165) is 30.9 Å². The Morgan fingerprint density at radius 1 is 1.40 bits per heavy atom. The van der Waals surface area contributed by atoms with Gasteiger partial charge in [-0.05, 0) is 37.8 Å². The minimum atomic E-state index is -3.48. The lowest BCUT2D eigenvalue weighted by Gasteiger charge is -2.22. The smallest absolute Gasteiger partial charge is 0.244 e. The maximum absolute atomic E-state index is 12.4. The summed E-state index contributed by atoms with van der Waals surface area (Å²) in [6.45, 7) is 5.06. The van der Waals surface area contributed by atoms with Gasteiger partial charge in [0, 0.05) is 12.1 Å². The van der Waals surface area contributed by atoms with Crippen molar-refractivity contribution in [1.82, 2.24) is 10.0 Å². The van der Waals surface area contributed by atoms with Crippen LogP contribution in [-0.2, 0) is 16.6 Å². The van der Waals surface area contributed by atoms with E-state index in [1.54, 1.807) is 13.0 Å². The predicted molar refractivity (Wildman–Crippen MR) is 81.5 cm³/mol. The largest absolute Gasteiger partial charge is 0.464 e. The van der Waals surface area contributed by atoms with Crippen molar-refractivity contribution in [2.24, 2.45) is 0 Å². The summed E-state index contributed by atoms with van der Waals surface area (Å²) < 4.78 is 33.1. The number of furan rings is 1. The molecular weight excluding hydrogens is 296 g/mol. The van der Waals surface area contributed by atoms with Crippen molar-refractivity contribution in [1.29, 1.82) is 0 Å². The molecule has 1 aliphatic heterocycles. The molecule has 1 aromatic heterocycles. The van der Waals surface area contributed by atoms with Gasteiger partial charge < -0.3 is 9.73 Å². The van der Waals surface area contributed by atoms with Crippen LogP contribution in [0.2, 0.25) is 0 Å². The quantitative estimate of drug-likeness (QED) is 0.838. The van der Waals surface area contributed by atoms with Gasteiger partial charge in [0.15, 0.2) is 0 Å². The molecule has 1 fully saturated rings. The van der Waals surface area contributed by atoms with E-state index in [-0.39, 0.29) is 10.9 Å². The van der Waals surface area contributed by atoms with Gasteiger partial charge in [0.05, 0.1) is 6.54 Å². The second kappa shape index (κ2) is 6.98. The van der Waals surface area contributed by atoms with Crippen molar-refractivity contribution >= 4 is 21.8 Å². The molecule has 0 unspecified atom stereocenters. The lowest BCUT2D eigenvalue weighted by molar-refractivity contribution is 0.459. The number of aryl methyl sites for hydroxylation is 1. The van der Waals surface area contributed by atoms with E-state index in [0.29, 0.717) is 18.1 Å². The molecule has 2 rings (SSSR count). The molecule has 0 spiro atoms. The Morgan fingerprint density at radius 3 is 2.75 bits per heavy atom. The van der Waals surface area contributed by atoms with E-state index < -0.39 is 10.0 Å². The van der Waals surface area contributed by atoms with Gasteiger partial charge in [0.1, 0.15) is 16.4 Å². The second-order valence-electron chi connectivity index (χ2n) is 4.92. The van der Waals surface area contributed by atoms with Crippen LogP contribution in [0.15, 0.2) is 15.4 Å². The fourth-order valence-electron chi connectivity index (χ4n) is 2.22. The molecule has 0 saturated carbocycles. The highest BCUT2D eigenvalue weighted by molar-refractivity contribution is 7.99. The van der Waals surface area contributed by atoms with Gasteiger partial charge in [0.2, 0.25) is 10.0 Å². The summed E-state index contributed by atoms with van der Waals surface area (Å²) >= 11 is 1.88. The molecule has 0 radical (unpaired) electrons. The highest BCUT2D eigenvalue weighted by Gasteiger charge is 2.25. The van der Waals surface area contributed by atoms with Crippen LogP contribution in [0.5, 0.6) is 0 Å². The molecule has 2 N–H and O–H groups in total. The Morgan fingerprint density at radius 2 is 2.10 bits per heavy atom. The Kier molecular flexibility index (Phi) is 5.54. The summed E-state index contributed by atoms with van der Waals surface area (Å²) in [5.74, 6) is 3.14. The van der Waals surface area contributed by atoms with Crippen LogP contribution >= 0.6 is 11.8 Å². The highest BCUT2D eigenvalue weighted by Crippen LogP contribution is 2.23. The van der Waals surface area contributed by atoms with Gasteiger partial charge in [-0.1, -0.05) is 6.92 Å². The van der Waals surface area contributed by atoms with Crippen molar-refractivity contribution in [3.63, 3.8) is 0 Å². The van der Waals surface area contributed by atoms with Gasteiger partial charge in [-0.3, -0.25) is 0 Å². The molecule has 1 aromatic rings. The number of nitrogens with one attached hydrogen (secondary N) is 2. The molecule has 5 nitrogen and oxygen atoms in total. The SMILES string of the molecule is CCNCc1cc(S(=O)(=O)NC2CCSCC2)c(C)o1. The summed E-state index contributed by atoms with van der Waals surface area (Å²) in [4.78, 5) is 0.267. The first-order valence-corrected chi connectivity index (χ1v) is 9.57. The molecule has 0 bridgehead atoms. The topological polar surface area (TPSA) is 71.3 Å². The van der Waals surface area contributed by atoms with Crippen LogP contribution in [0, 0.1) is 6.92 Å². The molecular formula is C13H22N2O3S2. The summed E-state index contributed by atoms with van der Waals surface area (Å²) in [5, 5.41) is 3.13. The molecule has 0 aliphatic carbocycles. The van der Waals surface area contributed by atoms with Crippen LogP contribution in [0.1, 0.15) is 31.3 Å². The average molecular weight is 318 g/mol. The number of hydrogen-bond donors (Lipinski definition) is 2. The van der Waals surface area contributed by atoms with Crippen LogP contribution in [0.25, 0.3) is 0 Å². The minimum Gasteiger partial charge on any atom is -0.464 e. The van der Waals surface area contributed by atoms with Gasteiger partial charge in [-0.25, -0.2) is 13.1 Å². The van der Waals surface area contributed by atoms with Crippen LogP contribution in [0.4, 0.5) is 0 Å². The summed E-state index contributed by atoms with van der Waals surface area (Å²) in [6.07, 6.45) is 1.79. The lowest BCUT2D eigenvalue weighted by Crippen LogP contribution is -2.37. The van der Waals surface area contributed by atoms with E-state index in [1.165, 1.54) is 0 Å². The van der Waals surface area contributed by atoms with Crippen LogP contribution in [-0.4, -0.2) is 32.5 Å². The maximum atomic E-state index is 12.4. The normalized spacial score (nSPS) is 17.5. The average Bonchev–Trinajstić information content (AvgIpc) is 2.79. The third-order valence-electron chi connectivity index (χ3n) is 3.31. The van der Waals surface area contributed by atoms with Crippen molar-refractivity contribution < 1.29 is 12.8 Å². The van der Waals surface area contributed by atoms with Crippen molar-refractivity contribution in [3.05, 3.63) is 17.6 Å². The van der Waals surface area contributed by atoms with E-state index in [1.807, 2.05) is 18.7 Å². The molecule has 1 aliphatic rings. The van der Waals surface area contributed by atoms with Gasteiger partial charge in [0.25, 0.3) is 0 Å². The molecule has 0 aromatic carbocycles. The maximum Gasteiger partial charge on any atom is 0.244 e. The zero-order valence-electron chi connectivity index (χ0n) is 11.9. The van der Waals surface area contributed by atoms with E-state index in [9.17, 15) is 8.42 Å². The Bertz CT molecular complexity index is 534. The van der Waals surface area contributed by atoms with Gasteiger partial charge >= 0.3 is 0 Å². The van der Waals surface area contributed by atoms with Crippen molar-refractivity contribution in [2.45, 2.75) is 44.2 Å². The molecule has 20 heavy (non-hydrogen) atoms. The molecule has 1 saturated heterocycles. The molecule has 7 heteroatoms. The Hall–Kier alpha value is -0.500. The number of sulfonamides is 1. The van der Waals surface area contributed by atoms with Gasteiger partial charge in [-0.2, -0.15) is 11.8 Å². The molecule has 0 atom stereocenters. The Balaban J connectivity index is 2.09. The van der Waals surface area contributed by atoms with Crippen molar-refractivity contribution in [3.8, 4) is 0 Å². The van der Waals surface area contributed by atoms with E-state index in [2.05, 4.69) is 10.0 Å². The number of thioether (sulfide) groups is 1.